The van der Waals surface area contributed by atoms with E-state index in [1.807, 2.05) is 0 Å². The standard InChI is InChI=1S/C15H22N2O/c1-12-2-4-13(5-3-12)15(14-6-7-14)16-17-8-10-18-11-9-17/h2-5,14-16H,6-11H2,1H3. The maximum Gasteiger partial charge on any atom is 0.0608 e. The molecule has 1 unspecified atom stereocenters. The number of hydrogen-bond donors (Lipinski definition) is 1. The van der Waals surface area contributed by atoms with E-state index in [1.165, 1.54) is 24.0 Å². The minimum Gasteiger partial charge on any atom is -0.379 e. The highest BCUT2D eigenvalue weighted by Gasteiger charge is 2.33. The number of hydrazine groups is 1. The van der Waals surface area contributed by atoms with E-state index >= 15 is 0 Å². The highest BCUT2D eigenvalue weighted by Crippen LogP contribution is 2.41. The van der Waals surface area contributed by atoms with E-state index in [2.05, 4.69) is 41.6 Å². The van der Waals surface area contributed by atoms with Crippen LogP contribution in [0.4, 0.5) is 0 Å². The van der Waals surface area contributed by atoms with Crippen LogP contribution in [0.3, 0.4) is 0 Å². The van der Waals surface area contributed by atoms with Gasteiger partial charge in [-0.25, -0.2) is 10.4 Å². The van der Waals surface area contributed by atoms with E-state index < -0.39 is 0 Å². The molecule has 2 aliphatic rings. The van der Waals surface area contributed by atoms with Gasteiger partial charge in [0.25, 0.3) is 0 Å². The van der Waals surface area contributed by atoms with Crippen LogP contribution in [0.25, 0.3) is 0 Å². The molecule has 0 bridgehead atoms. The first-order valence-electron chi connectivity index (χ1n) is 6.98. The summed E-state index contributed by atoms with van der Waals surface area (Å²) in [6.07, 6.45) is 2.71. The Morgan fingerprint density at radius 3 is 2.44 bits per heavy atom. The lowest BCUT2D eigenvalue weighted by atomic mass is 10.0. The smallest absolute Gasteiger partial charge is 0.0608 e. The van der Waals surface area contributed by atoms with Gasteiger partial charge in [-0.2, -0.15) is 0 Å². The fourth-order valence-corrected chi connectivity index (χ4v) is 2.54. The number of benzene rings is 1. The highest BCUT2D eigenvalue weighted by atomic mass is 16.5. The molecule has 2 fully saturated rings. The first-order chi connectivity index (χ1) is 8.83. The van der Waals surface area contributed by atoms with Gasteiger partial charge in [-0.05, 0) is 31.2 Å². The minimum absolute atomic E-state index is 0.490. The Hall–Kier alpha value is -0.900. The molecule has 1 atom stereocenters. The maximum absolute atomic E-state index is 5.40. The molecule has 1 aliphatic heterocycles. The average Bonchev–Trinajstić information content (AvgIpc) is 3.23. The molecule has 1 aromatic carbocycles. The second-order valence-electron chi connectivity index (χ2n) is 5.45. The zero-order valence-corrected chi connectivity index (χ0v) is 11.1. The lowest BCUT2D eigenvalue weighted by Gasteiger charge is -2.32. The second-order valence-corrected chi connectivity index (χ2v) is 5.45. The van der Waals surface area contributed by atoms with Gasteiger partial charge in [0.1, 0.15) is 0 Å². The Labute approximate surface area is 109 Å². The molecule has 1 N–H and O–H groups in total. The van der Waals surface area contributed by atoms with Gasteiger partial charge < -0.3 is 4.74 Å². The molecule has 18 heavy (non-hydrogen) atoms. The van der Waals surface area contributed by atoms with Crippen LogP contribution < -0.4 is 5.43 Å². The van der Waals surface area contributed by atoms with Crippen LogP contribution in [-0.4, -0.2) is 31.3 Å². The van der Waals surface area contributed by atoms with Crippen LogP contribution in [0.1, 0.15) is 30.0 Å². The van der Waals surface area contributed by atoms with E-state index in [9.17, 15) is 0 Å². The van der Waals surface area contributed by atoms with E-state index in [-0.39, 0.29) is 0 Å². The summed E-state index contributed by atoms with van der Waals surface area (Å²) in [5.41, 5.74) is 6.47. The topological polar surface area (TPSA) is 24.5 Å². The summed E-state index contributed by atoms with van der Waals surface area (Å²) in [6, 6.07) is 9.46. The number of ether oxygens (including phenoxy) is 1. The molecular formula is C15H22N2O. The lowest BCUT2D eigenvalue weighted by molar-refractivity contribution is 0.00132. The molecule has 3 nitrogen and oxygen atoms in total. The van der Waals surface area contributed by atoms with Crippen molar-refractivity contribution in [2.75, 3.05) is 26.3 Å². The van der Waals surface area contributed by atoms with E-state index in [4.69, 9.17) is 4.74 Å². The normalized spacial score (nSPS) is 22.9. The predicted octanol–water partition coefficient (Wildman–Crippen LogP) is 2.28. The molecule has 0 aromatic heterocycles. The summed E-state index contributed by atoms with van der Waals surface area (Å²) < 4.78 is 5.40. The Kier molecular flexibility index (Phi) is 3.64. The molecule has 1 saturated carbocycles. The van der Waals surface area contributed by atoms with Crippen molar-refractivity contribution in [2.45, 2.75) is 25.8 Å². The van der Waals surface area contributed by atoms with Crippen LogP contribution in [0.15, 0.2) is 24.3 Å². The molecule has 0 radical (unpaired) electrons. The van der Waals surface area contributed by atoms with Crippen molar-refractivity contribution >= 4 is 0 Å². The summed E-state index contributed by atoms with van der Waals surface area (Å²) in [5, 5.41) is 2.33. The summed E-state index contributed by atoms with van der Waals surface area (Å²) in [4.78, 5) is 0. The Bertz CT molecular complexity index is 380. The number of morpholine rings is 1. The molecule has 0 spiro atoms. The first-order valence-corrected chi connectivity index (χ1v) is 6.98. The second kappa shape index (κ2) is 5.39. The van der Waals surface area contributed by atoms with Crippen LogP contribution in [0.5, 0.6) is 0 Å². The van der Waals surface area contributed by atoms with Gasteiger partial charge in [-0.3, -0.25) is 0 Å². The van der Waals surface area contributed by atoms with Gasteiger partial charge in [0.05, 0.1) is 13.2 Å². The molecule has 1 saturated heterocycles. The van der Waals surface area contributed by atoms with Gasteiger partial charge in [0.2, 0.25) is 0 Å². The summed E-state index contributed by atoms with van der Waals surface area (Å²) in [7, 11) is 0. The molecule has 1 heterocycles. The van der Waals surface area contributed by atoms with Crippen LogP contribution in [0, 0.1) is 12.8 Å². The van der Waals surface area contributed by atoms with Crippen LogP contribution in [0.2, 0.25) is 0 Å². The molecule has 1 aliphatic carbocycles. The average molecular weight is 246 g/mol. The number of nitrogens with one attached hydrogen (secondary N) is 1. The van der Waals surface area contributed by atoms with Crippen molar-refractivity contribution in [1.82, 2.24) is 10.4 Å². The third-order valence-corrected chi connectivity index (χ3v) is 3.86. The summed E-state index contributed by atoms with van der Waals surface area (Å²) >= 11 is 0. The van der Waals surface area contributed by atoms with E-state index in [0.717, 1.165) is 32.2 Å². The Morgan fingerprint density at radius 1 is 1.17 bits per heavy atom. The van der Waals surface area contributed by atoms with Crippen molar-refractivity contribution in [3.8, 4) is 0 Å². The summed E-state index contributed by atoms with van der Waals surface area (Å²) in [5.74, 6) is 0.815. The largest absolute Gasteiger partial charge is 0.379 e. The number of nitrogens with zero attached hydrogens (tertiary/aromatic N) is 1. The SMILES string of the molecule is Cc1ccc(C(NN2CCOCC2)C2CC2)cc1. The quantitative estimate of drug-likeness (QED) is 0.882. The summed E-state index contributed by atoms with van der Waals surface area (Å²) in [6.45, 7) is 5.83. The molecule has 3 heteroatoms. The van der Waals surface area contributed by atoms with Crippen molar-refractivity contribution in [2.24, 2.45) is 5.92 Å². The Morgan fingerprint density at radius 2 is 1.83 bits per heavy atom. The van der Waals surface area contributed by atoms with E-state index in [1.54, 1.807) is 0 Å². The third kappa shape index (κ3) is 2.91. The molecular weight excluding hydrogens is 224 g/mol. The number of aryl methyl sites for hydroxylation is 1. The van der Waals surface area contributed by atoms with Gasteiger partial charge in [-0.15, -0.1) is 0 Å². The van der Waals surface area contributed by atoms with Gasteiger partial charge in [0, 0.05) is 19.1 Å². The molecule has 98 valence electrons. The van der Waals surface area contributed by atoms with E-state index in [0.29, 0.717) is 6.04 Å². The van der Waals surface area contributed by atoms with Crippen molar-refractivity contribution in [3.63, 3.8) is 0 Å². The van der Waals surface area contributed by atoms with Gasteiger partial charge >= 0.3 is 0 Å². The zero-order chi connectivity index (χ0) is 12.4. The monoisotopic (exact) mass is 246 g/mol. The third-order valence-electron chi connectivity index (χ3n) is 3.86. The molecule has 1 aromatic rings. The van der Waals surface area contributed by atoms with Crippen molar-refractivity contribution < 1.29 is 4.74 Å². The fourth-order valence-electron chi connectivity index (χ4n) is 2.54. The van der Waals surface area contributed by atoms with Gasteiger partial charge in [0.15, 0.2) is 0 Å². The fraction of sp³-hybridized carbons (Fsp3) is 0.600. The molecule has 3 rings (SSSR count). The van der Waals surface area contributed by atoms with Crippen LogP contribution in [-0.2, 0) is 4.74 Å². The number of rotatable bonds is 4. The van der Waals surface area contributed by atoms with Crippen molar-refractivity contribution in [3.05, 3.63) is 35.4 Å². The zero-order valence-electron chi connectivity index (χ0n) is 11.1. The lowest BCUT2D eigenvalue weighted by Crippen LogP contribution is -2.47. The van der Waals surface area contributed by atoms with Crippen molar-refractivity contribution in [1.29, 1.82) is 0 Å². The predicted molar refractivity (Wildman–Crippen MR) is 72.2 cm³/mol. The minimum atomic E-state index is 0.490. The molecule has 0 amide bonds. The highest BCUT2D eigenvalue weighted by molar-refractivity contribution is 5.25. The van der Waals surface area contributed by atoms with Crippen LogP contribution >= 0.6 is 0 Å². The maximum atomic E-state index is 5.40. The Balaban J connectivity index is 1.69. The van der Waals surface area contributed by atoms with Gasteiger partial charge in [-0.1, -0.05) is 29.8 Å². The first kappa shape index (κ1) is 12.2. The number of hydrogen-bond acceptors (Lipinski definition) is 3.